The Balaban J connectivity index is 2.29. The SMILES string of the molecule is CN(C)C=C1CC(c2ccc(O)cc2)=CC=C1O. The molecule has 3 heteroatoms. The lowest BCUT2D eigenvalue weighted by Crippen LogP contribution is -2.06. The summed E-state index contributed by atoms with van der Waals surface area (Å²) in [5.41, 5.74) is 3.08. The predicted molar refractivity (Wildman–Crippen MR) is 73.2 cm³/mol. The summed E-state index contributed by atoms with van der Waals surface area (Å²) >= 11 is 0. The minimum Gasteiger partial charge on any atom is -0.508 e. The van der Waals surface area contributed by atoms with E-state index >= 15 is 0 Å². The Labute approximate surface area is 107 Å². The molecule has 1 aromatic carbocycles. The highest BCUT2D eigenvalue weighted by Crippen LogP contribution is 2.30. The van der Waals surface area contributed by atoms with Gasteiger partial charge in [0.05, 0.1) is 0 Å². The van der Waals surface area contributed by atoms with Gasteiger partial charge in [0.1, 0.15) is 11.5 Å². The molecule has 0 atom stereocenters. The highest BCUT2D eigenvalue weighted by atomic mass is 16.3. The van der Waals surface area contributed by atoms with Crippen molar-refractivity contribution in [1.82, 2.24) is 4.90 Å². The van der Waals surface area contributed by atoms with Crippen LogP contribution in [0, 0.1) is 0 Å². The van der Waals surface area contributed by atoms with Gasteiger partial charge in [-0.25, -0.2) is 0 Å². The lowest BCUT2D eigenvalue weighted by molar-refractivity contribution is 0.415. The monoisotopic (exact) mass is 243 g/mol. The highest BCUT2D eigenvalue weighted by Gasteiger charge is 2.13. The minimum atomic E-state index is 0.262. The number of nitrogens with zero attached hydrogens (tertiary/aromatic N) is 1. The topological polar surface area (TPSA) is 43.7 Å². The first-order valence-corrected chi connectivity index (χ1v) is 5.83. The van der Waals surface area contributed by atoms with Crippen molar-refractivity contribution in [3.63, 3.8) is 0 Å². The molecule has 0 fully saturated rings. The van der Waals surface area contributed by atoms with E-state index < -0.39 is 0 Å². The van der Waals surface area contributed by atoms with Crippen molar-refractivity contribution in [2.75, 3.05) is 14.1 Å². The van der Waals surface area contributed by atoms with Crippen molar-refractivity contribution < 1.29 is 10.2 Å². The summed E-state index contributed by atoms with van der Waals surface area (Å²) in [6.45, 7) is 0. The number of hydrogen-bond acceptors (Lipinski definition) is 3. The third-order valence-electron chi connectivity index (χ3n) is 2.80. The third kappa shape index (κ3) is 2.74. The Morgan fingerprint density at radius 2 is 1.72 bits per heavy atom. The van der Waals surface area contributed by atoms with E-state index in [-0.39, 0.29) is 5.75 Å². The van der Waals surface area contributed by atoms with E-state index in [1.165, 1.54) is 0 Å². The maximum Gasteiger partial charge on any atom is 0.120 e. The molecule has 0 radical (unpaired) electrons. The molecule has 94 valence electrons. The van der Waals surface area contributed by atoms with E-state index in [2.05, 4.69) is 0 Å². The predicted octanol–water partition coefficient (Wildman–Crippen LogP) is 3.07. The number of allylic oxidation sites excluding steroid dienone is 4. The number of phenolic OH excluding ortho intramolecular Hbond substituents is 1. The van der Waals surface area contributed by atoms with Crippen LogP contribution in [0.5, 0.6) is 5.75 Å². The van der Waals surface area contributed by atoms with Gasteiger partial charge in [-0.15, -0.1) is 0 Å². The summed E-state index contributed by atoms with van der Waals surface area (Å²) in [4.78, 5) is 1.92. The smallest absolute Gasteiger partial charge is 0.120 e. The molecule has 1 aromatic rings. The van der Waals surface area contributed by atoms with Crippen molar-refractivity contribution in [1.29, 1.82) is 0 Å². The summed E-state index contributed by atoms with van der Waals surface area (Å²) in [6.07, 6.45) is 6.22. The summed E-state index contributed by atoms with van der Waals surface area (Å²) < 4.78 is 0. The second-order valence-electron chi connectivity index (χ2n) is 4.59. The van der Waals surface area contributed by atoms with Gasteiger partial charge in [0, 0.05) is 32.3 Å². The quantitative estimate of drug-likeness (QED) is 0.839. The standard InChI is InChI=1S/C15H17NO2/c1-16(2)10-13-9-12(5-8-15(13)18)11-3-6-14(17)7-4-11/h3-8,10,17-18H,9H2,1-2H3. The van der Waals surface area contributed by atoms with Gasteiger partial charge in [0.15, 0.2) is 0 Å². The van der Waals surface area contributed by atoms with Crippen molar-refractivity contribution in [3.8, 4) is 5.75 Å². The molecular formula is C15H17NO2. The van der Waals surface area contributed by atoms with E-state index in [9.17, 15) is 10.2 Å². The lowest BCUT2D eigenvalue weighted by atomic mass is 9.93. The largest absolute Gasteiger partial charge is 0.508 e. The Bertz CT molecular complexity index is 522. The molecule has 2 rings (SSSR count). The Morgan fingerprint density at radius 1 is 1.06 bits per heavy atom. The van der Waals surface area contributed by atoms with Gasteiger partial charge in [-0.05, 0) is 29.3 Å². The zero-order valence-corrected chi connectivity index (χ0v) is 10.6. The molecule has 0 unspecified atom stereocenters. The molecule has 0 aliphatic heterocycles. The van der Waals surface area contributed by atoms with Crippen molar-refractivity contribution in [3.05, 3.63) is 59.5 Å². The molecule has 0 amide bonds. The molecule has 0 heterocycles. The lowest BCUT2D eigenvalue weighted by Gasteiger charge is -2.17. The fourth-order valence-corrected chi connectivity index (χ4v) is 1.94. The fraction of sp³-hybridized carbons (Fsp3) is 0.200. The second-order valence-corrected chi connectivity index (χ2v) is 4.59. The molecule has 3 nitrogen and oxygen atoms in total. The molecule has 0 saturated heterocycles. The average molecular weight is 243 g/mol. The molecule has 1 aliphatic rings. The van der Waals surface area contributed by atoms with Gasteiger partial charge in [0.2, 0.25) is 0 Å². The van der Waals surface area contributed by atoms with Gasteiger partial charge in [-0.2, -0.15) is 0 Å². The first-order valence-electron chi connectivity index (χ1n) is 5.83. The van der Waals surface area contributed by atoms with Gasteiger partial charge in [-0.3, -0.25) is 0 Å². The zero-order chi connectivity index (χ0) is 13.1. The number of aliphatic hydroxyl groups is 1. The summed E-state index contributed by atoms with van der Waals surface area (Å²) in [7, 11) is 3.86. The van der Waals surface area contributed by atoms with Crippen molar-refractivity contribution in [2.45, 2.75) is 6.42 Å². The average Bonchev–Trinajstić information content (AvgIpc) is 2.32. The van der Waals surface area contributed by atoms with E-state index in [0.717, 1.165) is 16.7 Å². The Kier molecular flexibility index (Phi) is 3.42. The number of hydrogen-bond donors (Lipinski definition) is 2. The molecule has 0 spiro atoms. The minimum absolute atomic E-state index is 0.262. The van der Waals surface area contributed by atoms with Crippen LogP contribution in [0.25, 0.3) is 5.57 Å². The number of benzene rings is 1. The molecular weight excluding hydrogens is 226 g/mol. The van der Waals surface area contributed by atoms with Crippen molar-refractivity contribution in [2.24, 2.45) is 0 Å². The molecule has 18 heavy (non-hydrogen) atoms. The molecule has 2 N–H and O–H groups in total. The first-order chi connectivity index (χ1) is 8.56. The van der Waals surface area contributed by atoms with Crippen LogP contribution in [0.2, 0.25) is 0 Å². The summed E-state index contributed by atoms with van der Waals surface area (Å²) in [5, 5.41) is 19.1. The molecule has 0 bridgehead atoms. The first kappa shape index (κ1) is 12.3. The van der Waals surface area contributed by atoms with Crippen molar-refractivity contribution >= 4 is 5.57 Å². The van der Waals surface area contributed by atoms with Crippen LogP contribution in [0.1, 0.15) is 12.0 Å². The van der Waals surface area contributed by atoms with E-state index in [1.807, 2.05) is 43.4 Å². The Hall–Kier alpha value is -2.16. The molecule has 1 aliphatic carbocycles. The normalized spacial score (nSPS) is 17.3. The van der Waals surface area contributed by atoms with Gasteiger partial charge in [-0.1, -0.05) is 18.2 Å². The van der Waals surface area contributed by atoms with Crippen LogP contribution in [0.15, 0.2) is 53.9 Å². The van der Waals surface area contributed by atoms with E-state index in [4.69, 9.17) is 0 Å². The number of aromatic hydroxyl groups is 1. The van der Waals surface area contributed by atoms with E-state index in [0.29, 0.717) is 12.2 Å². The van der Waals surface area contributed by atoms with Crippen LogP contribution in [-0.4, -0.2) is 29.2 Å². The second kappa shape index (κ2) is 5.00. The Morgan fingerprint density at radius 3 is 2.33 bits per heavy atom. The maximum absolute atomic E-state index is 9.81. The number of phenols is 1. The number of rotatable bonds is 2. The third-order valence-corrected chi connectivity index (χ3v) is 2.80. The zero-order valence-electron chi connectivity index (χ0n) is 10.6. The van der Waals surface area contributed by atoms with Crippen LogP contribution < -0.4 is 0 Å². The maximum atomic E-state index is 9.81. The van der Waals surface area contributed by atoms with E-state index in [1.54, 1.807) is 18.2 Å². The van der Waals surface area contributed by atoms with Gasteiger partial charge >= 0.3 is 0 Å². The number of aliphatic hydroxyl groups excluding tert-OH is 1. The summed E-state index contributed by atoms with van der Waals surface area (Å²) in [5.74, 6) is 0.573. The fourth-order valence-electron chi connectivity index (χ4n) is 1.94. The highest BCUT2D eigenvalue weighted by molar-refractivity contribution is 5.72. The van der Waals surface area contributed by atoms with Crippen LogP contribution in [0.3, 0.4) is 0 Å². The summed E-state index contributed by atoms with van der Waals surface area (Å²) in [6, 6.07) is 7.10. The van der Waals surface area contributed by atoms with Gasteiger partial charge in [0.25, 0.3) is 0 Å². The molecule has 0 aromatic heterocycles. The van der Waals surface area contributed by atoms with Crippen LogP contribution >= 0.6 is 0 Å². The van der Waals surface area contributed by atoms with Crippen LogP contribution in [-0.2, 0) is 0 Å². The van der Waals surface area contributed by atoms with Crippen LogP contribution in [0.4, 0.5) is 0 Å². The molecule has 0 saturated carbocycles. The van der Waals surface area contributed by atoms with Gasteiger partial charge < -0.3 is 15.1 Å².